The number of fused-ring (bicyclic) bond motifs is 2. The summed E-state index contributed by atoms with van der Waals surface area (Å²) in [6.45, 7) is 1.78. The van der Waals surface area contributed by atoms with Crippen LogP contribution in [0.15, 0.2) is 67.1 Å². The monoisotopic (exact) mass is 583 g/mol. The fraction of sp³-hybridized carbons (Fsp3) is 0.167. The van der Waals surface area contributed by atoms with Crippen LogP contribution < -0.4 is 5.32 Å². The van der Waals surface area contributed by atoms with Gasteiger partial charge in [0.25, 0.3) is 0 Å². The van der Waals surface area contributed by atoms with Gasteiger partial charge in [0, 0.05) is 36.0 Å². The standard InChI is InChI=1S/C30H26FN7O3S/c1-3-27(39)34-21-13-19(15-32-16-21)24-4-5-25-28(35-24)29(38-37-25)26-14-23-22(6-8-33-30(23)36-26)18-10-17(11-20(31)12-18)7-9-42(2,40)41/h4-6,8,10-16H,3,7,9H2,1-2H3,(H,33,36)(H,34,39)(H,37,38). The Morgan fingerprint density at radius 3 is 2.71 bits per heavy atom. The van der Waals surface area contributed by atoms with Crippen molar-refractivity contribution in [2.45, 2.75) is 19.8 Å². The number of carbonyl (C=O) groups excluding carboxylic acids is 1. The second kappa shape index (κ2) is 10.8. The number of sulfone groups is 1. The van der Waals surface area contributed by atoms with E-state index >= 15 is 0 Å². The Kier molecular flexibility index (Phi) is 6.99. The van der Waals surface area contributed by atoms with Gasteiger partial charge in [0.15, 0.2) is 0 Å². The number of halogens is 1. The number of aryl methyl sites for hydroxylation is 1. The van der Waals surface area contributed by atoms with Gasteiger partial charge in [0.05, 0.1) is 34.5 Å². The van der Waals surface area contributed by atoms with E-state index in [2.05, 4.69) is 30.5 Å². The predicted octanol–water partition coefficient (Wildman–Crippen LogP) is 5.30. The van der Waals surface area contributed by atoms with Crippen molar-refractivity contribution in [2.24, 2.45) is 0 Å². The molecule has 0 saturated carbocycles. The Morgan fingerprint density at radius 1 is 1.05 bits per heavy atom. The minimum absolute atomic E-state index is 0.0646. The van der Waals surface area contributed by atoms with Crippen molar-refractivity contribution in [1.29, 1.82) is 0 Å². The van der Waals surface area contributed by atoms with Crippen LogP contribution in [0.2, 0.25) is 0 Å². The maximum atomic E-state index is 14.6. The normalized spacial score (nSPS) is 11.8. The molecular weight excluding hydrogens is 557 g/mol. The first-order valence-electron chi connectivity index (χ1n) is 13.2. The zero-order chi connectivity index (χ0) is 29.4. The first-order chi connectivity index (χ1) is 20.2. The van der Waals surface area contributed by atoms with Crippen molar-refractivity contribution in [2.75, 3.05) is 17.3 Å². The molecule has 0 fully saturated rings. The number of hydrogen-bond acceptors (Lipinski definition) is 7. The van der Waals surface area contributed by atoms with E-state index in [1.54, 1.807) is 37.6 Å². The van der Waals surface area contributed by atoms with Gasteiger partial charge in [0.1, 0.15) is 32.5 Å². The molecule has 0 bridgehead atoms. The summed E-state index contributed by atoms with van der Waals surface area (Å²) in [6.07, 6.45) is 6.64. The van der Waals surface area contributed by atoms with E-state index in [1.165, 1.54) is 18.4 Å². The van der Waals surface area contributed by atoms with Crippen LogP contribution in [0.25, 0.3) is 55.8 Å². The van der Waals surface area contributed by atoms with E-state index in [0.717, 1.165) is 22.0 Å². The molecule has 1 amide bonds. The molecule has 1 aromatic carbocycles. The Labute approximate surface area is 240 Å². The number of hydrogen-bond donors (Lipinski definition) is 3. The molecule has 5 aromatic heterocycles. The molecule has 212 valence electrons. The number of H-pyrrole nitrogens is 2. The Bertz CT molecular complexity index is 2090. The maximum absolute atomic E-state index is 14.6. The van der Waals surface area contributed by atoms with Crippen LogP contribution in [-0.2, 0) is 21.1 Å². The smallest absolute Gasteiger partial charge is 0.224 e. The summed E-state index contributed by atoms with van der Waals surface area (Å²) in [5.74, 6) is -0.616. The summed E-state index contributed by atoms with van der Waals surface area (Å²) in [6, 6.07) is 13.8. The molecule has 0 unspecified atom stereocenters. The van der Waals surface area contributed by atoms with Crippen molar-refractivity contribution in [3.05, 3.63) is 78.5 Å². The van der Waals surface area contributed by atoms with Crippen molar-refractivity contribution in [1.82, 2.24) is 30.1 Å². The number of anilines is 1. The van der Waals surface area contributed by atoms with Crippen LogP contribution in [0, 0.1) is 5.82 Å². The zero-order valence-corrected chi connectivity index (χ0v) is 23.6. The van der Waals surface area contributed by atoms with Crippen LogP contribution in [0.5, 0.6) is 0 Å². The fourth-order valence-corrected chi connectivity index (χ4v) is 5.41. The number of carbonyl (C=O) groups is 1. The molecule has 5 heterocycles. The number of pyridine rings is 3. The number of nitrogens with one attached hydrogen (secondary N) is 3. The average molecular weight is 584 g/mol. The molecule has 0 aliphatic rings. The van der Waals surface area contributed by atoms with Gasteiger partial charge in [-0.1, -0.05) is 13.0 Å². The van der Waals surface area contributed by atoms with Gasteiger partial charge >= 0.3 is 0 Å². The highest BCUT2D eigenvalue weighted by Crippen LogP contribution is 2.34. The summed E-state index contributed by atoms with van der Waals surface area (Å²) in [5, 5.41) is 11.1. The van der Waals surface area contributed by atoms with Gasteiger partial charge in [-0.2, -0.15) is 5.10 Å². The molecule has 12 heteroatoms. The third kappa shape index (κ3) is 5.61. The summed E-state index contributed by atoms with van der Waals surface area (Å²) in [7, 11) is -3.19. The Hall–Kier alpha value is -4.97. The SMILES string of the molecule is CCC(=O)Nc1cncc(-c2ccc3[nH]nc(-c4cc5c(-c6cc(F)cc(CCS(C)(=O)=O)c6)ccnc5[nH]4)c3n2)c1. The molecular formula is C30H26FN7O3S. The van der Waals surface area contributed by atoms with Crippen molar-refractivity contribution < 1.29 is 17.6 Å². The summed E-state index contributed by atoms with van der Waals surface area (Å²) in [4.78, 5) is 28.7. The third-order valence-electron chi connectivity index (χ3n) is 6.86. The lowest BCUT2D eigenvalue weighted by molar-refractivity contribution is -0.115. The minimum Gasteiger partial charge on any atom is -0.338 e. The lowest BCUT2D eigenvalue weighted by atomic mass is 10.00. The first kappa shape index (κ1) is 27.2. The van der Waals surface area contributed by atoms with Crippen LogP contribution in [0.1, 0.15) is 18.9 Å². The molecule has 0 atom stereocenters. The van der Waals surface area contributed by atoms with Crippen molar-refractivity contribution >= 4 is 43.5 Å². The quantitative estimate of drug-likeness (QED) is 0.220. The molecule has 3 N–H and O–H groups in total. The zero-order valence-electron chi connectivity index (χ0n) is 22.8. The number of aromatic nitrogens is 6. The van der Waals surface area contributed by atoms with Crippen LogP contribution in [0.3, 0.4) is 0 Å². The largest absolute Gasteiger partial charge is 0.338 e. The van der Waals surface area contributed by atoms with E-state index in [9.17, 15) is 17.6 Å². The van der Waals surface area contributed by atoms with E-state index in [-0.39, 0.29) is 18.1 Å². The summed E-state index contributed by atoms with van der Waals surface area (Å²) in [5.41, 5.74) is 7.10. The predicted molar refractivity (Wildman–Crippen MR) is 160 cm³/mol. The molecule has 0 radical (unpaired) electrons. The molecule has 0 aliphatic heterocycles. The number of amides is 1. The lowest BCUT2D eigenvalue weighted by Gasteiger charge is -2.07. The van der Waals surface area contributed by atoms with E-state index in [1.807, 2.05) is 24.3 Å². The Balaban J connectivity index is 1.39. The van der Waals surface area contributed by atoms with Gasteiger partial charge in [-0.3, -0.25) is 14.9 Å². The second-order valence-corrected chi connectivity index (χ2v) is 12.3. The molecule has 42 heavy (non-hydrogen) atoms. The van der Waals surface area contributed by atoms with Crippen molar-refractivity contribution in [3.63, 3.8) is 0 Å². The first-order valence-corrected chi connectivity index (χ1v) is 15.3. The fourth-order valence-electron chi connectivity index (χ4n) is 4.80. The van der Waals surface area contributed by atoms with E-state index in [0.29, 0.717) is 51.5 Å². The molecule has 0 aliphatic carbocycles. The number of benzene rings is 1. The third-order valence-corrected chi connectivity index (χ3v) is 7.81. The second-order valence-electron chi connectivity index (χ2n) is 10.1. The lowest BCUT2D eigenvalue weighted by Crippen LogP contribution is -2.09. The van der Waals surface area contributed by atoms with Gasteiger partial charge in [0.2, 0.25) is 5.91 Å². The molecule has 6 aromatic rings. The van der Waals surface area contributed by atoms with Gasteiger partial charge in [-0.05, 0) is 65.6 Å². The average Bonchev–Trinajstić information content (AvgIpc) is 3.59. The van der Waals surface area contributed by atoms with E-state index < -0.39 is 15.7 Å². The molecule has 6 rings (SSSR count). The molecule has 0 saturated heterocycles. The van der Waals surface area contributed by atoms with Gasteiger partial charge in [-0.15, -0.1) is 0 Å². The van der Waals surface area contributed by atoms with Crippen LogP contribution in [-0.4, -0.2) is 56.5 Å². The van der Waals surface area contributed by atoms with Gasteiger partial charge in [-0.25, -0.2) is 22.8 Å². The summed E-state index contributed by atoms with van der Waals surface area (Å²) < 4.78 is 37.9. The maximum Gasteiger partial charge on any atom is 0.224 e. The van der Waals surface area contributed by atoms with Crippen LogP contribution in [0.4, 0.5) is 10.1 Å². The van der Waals surface area contributed by atoms with E-state index in [4.69, 9.17) is 4.98 Å². The minimum atomic E-state index is -3.19. The van der Waals surface area contributed by atoms with Gasteiger partial charge < -0.3 is 10.3 Å². The highest BCUT2D eigenvalue weighted by molar-refractivity contribution is 7.90. The Morgan fingerprint density at radius 2 is 1.90 bits per heavy atom. The highest BCUT2D eigenvalue weighted by atomic mass is 32.2. The number of nitrogens with zero attached hydrogens (tertiary/aromatic N) is 4. The number of rotatable bonds is 8. The topological polar surface area (TPSA) is 146 Å². The summed E-state index contributed by atoms with van der Waals surface area (Å²) >= 11 is 0. The molecule has 0 spiro atoms. The van der Waals surface area contributed by atoms with Crippen molar-refractivity contribution in [3.8, 4) is 33.8 Å². The van der Waals surface area contributed by atoms with Crippen LogP contribution >= 0.6 is 0 Å². The number of aromatic amines is 2. The molecule has 10 nitrogen and oxygen atoms in total. The highest BCUT2D eigenvalue weighted by Gasteiger charge is 2.17.